The SMILES string of the molecule is CC(C)Cc1cccc(C(C)C(=O)N(C)CC[C@H](Oc2ccc(C(F)(F)F)cc2)c2ccccc2)c1. The molecular formula is C30H34F3NO2. The minimum Gasteiger partial charge on any atom is -0.486 e. The maximum atomic E-state index is 13.2. The van der Waals surface area contributed by atoms with E-state index in [9.17, 15) is 18.0 Å². The van der Waals surface area contributed by atoms with E-state index in [-0.39, 0.29) is 11.8 Å². The molecule has 0 heterocycles. The fourth-order valence-corrected chi connectivity index (χ4v) is 4.20. The van der Waals surface area contributed by atoms with Gasteiger partial charge >= 0.3 is 6.18 Å². The van der Waals surface area contributed by atoms with E-state index in [1.807, 2.05) is 49.4 Å². The lowest BCUT2D eigenvalue weighted by Crippen LogP contribution is -2.32. The number of rotatable bonds is 10. The van der Waals surface area contributed by atoms with Gasteiger partial charge in [-0.2, -0.15) is 13.2 Å². The van der Waals surface area contributed by atoms with Crippen LogP contribution in [0.25, 0.3) is 0 Å². The second-order valence-electron chi connectivity index (χ2n) is 9.65. The molecule has 3 aromatic carbocycles. The van der Waals surface area contributed by atoms with E-state index >= 15 is 0 Å². The zero-order chi connectivity index (χ0) is 26.3. The second-order valence-corrected chi connectivity index (χ2v) is 9.65. The van der Waals surface area contributed by atoms with E-state index in [0.29, 0.717) is 24.6 Å². The summed E-state index contributed by atoms with van der Waals surface area (Å²) in [4.78, 5) is 14.9. The van der Waals surface area contributed by atoms with Gasteiger partial charge in [0.15, 0.2) is 0 Å². The van der Waals surface area contributed by atoms with Crippen LogP contribution in [0.5, 0.6) is 5.75 Å². The first kappa shape index (κ1) is 27.3. The van der Waals surface area contributed by atoms with Crippen molar-refractivity contribution in [2.75, 3.05) is 13.6 Å². The van der Waals surface area contributed by atoms with Crippen LogP contribution in [-0.2, 0) is 17.4 Å². The summed E-state index contributed by atoms with van der Waals surface area (Å²) in [5, 5.41) is 0. The number of hydrogen-bond acceptors (Lipinski definition) is 2. The third-order valence-corrected chi connectivity index (χ3v) is 6.20. The molecule has 0 radical (unpaired) electrons. The summed E-state index contributed by atoms with van der Waals surface area (Å²) < 4.78 is 44.8. The topological polar surface area (TPSA) is 29.5 Å². The standard InChI is InChI=1S/C30H34F3NO2/c1-21(2)19-23-9-8-12-25(20-23)22(3)29(35)34(4)18-17-28(24-10-6-5-7-11-24)36-27-15-13-26(14-16-27)30(31,32)33/h5-16,20-22,28H,17-19H2,1-4H3/t22?,28-/m0/s1. The molecule has 0 saturated carbocycles. The molecule has 0 aliphatic rings. The Morgan fingerprint density at radius 3 is 2.14 bits per heavy atom. The lowest BCUT2D eigenvalue weighted by molar-refractivity contribution is -0.137. The predicted octanol–water partition coefficient (Wildman–Crippen LogP) is 7.68. The third-order valence-electron chi connectivity index (χ3n) is 6.20. The molecular weight excluding hydrogens is 463 g/mol. The van der Waals surface area contributed by atoms with Crippen molar-refractivity contribution in [3.63, 3.8) is 0 Å². The van der Waals surface area contributed by atoms with Crippen molar-refractivity contribution in [1.29, 1.82) is 0 Å². The molecule has 3 rings (SSSR count). The quantitative estimate of drug-likeness (QED) is 0.288. The number of nitrogens with zero attached hydrogens (tertiary/aromatic N) is 1. The van der Waals surface area contributed by atoms with Crippen LogP contribution in [0.2, 0.25) is 0 Å². The molecule has 192 valence electrons. The molecule has 3 aromatic rings. The van der Waals surface area contributed by atoms with E-state index in [0.717, 1.165) is 29.7 Å². The number of hydrogen-bond donors (Lipinski definition) is 0. The van der Waals surface area contributed by atoms with E-state index in [1.165, 1.54) is 17.7 Å². The average molecular weight is 498 g/mol. The fraction of sp³-hybridized carbons (Fsp3) is 0.367. The van der Waals surface area contributed by atoms with E-state index < -0.39 is 17.8 Å². The van der Waals surface area contributed by atoms with Gasteiger partial charge in [0.2, 0.25) is 5.91 Å². The number of carbonyl (C=O) groups is 1. The van der Waals surface area contributed by atoms with Gasteiger partial charge in [0.05, 0.1) is 11.5 Å². The highest BCUT2D eigenvalue weighted by molar-refractivity contribution is 5.83. The van der Waals surface area contributed by atoms with Gasteiger partial charge in [0.1, 0.15) is 11.9 Å². The first-order valence-corrected chi connectivity index (χ1v) is 12.3. The maximum absolute atomic E-state index is 13.2. The monoisotopic (exact) mass is 497 g/mol. The fourth-order valence-electron chi connectivity index (χ4n) is 4.20. The molecule has 0 spiro atoms. The molecule has 1 unspecified atom stereocenters. The Hall–Kier alpha value is -3.28. The smallest absolute Gasteiger partial charge is 0.416 e. The van der Waals surface area contributed by atoms with Gasteiger partial charge in [-0.25, -0.2) is 0 Å². The van der Waals surface area contributed by atoms with E-state index in [2.05, 4.69) is 26.0 Å². The number of carbonyl (C=O) groups excluding carboxylic acids is 1. The van der Waals surface area contributed by atoms with Crippen LogP contribution >= 0.6 is 0 Å². The van der Waals surface area contributed by atoms with Crippen LogP contribution in [0.4, 0.5) is 13.2 Å². The van der Waals surface area contributed by atoms with Crippen molar-refractivity contribution < 1.29 is 22.7 Å². The molecule has 0 bridgehead atoms. The van der Waals surface area contributed by atoms with Gasteiger partial charge in [-0.1, -0.05) is 68.4 Å². The van der Waals surface area contributed by atoms with Gasteiger partial charge in [-0.3, -0.25) is 4.79 Å². The lowest BCUT2D eigenvalue weighted by atomic mass is 9.94. The molecule has 0 aliphatic carbocycles. The van der Waals surface area contributed by atoms with Crippen molar-refractivity contribution in [3.05, 3.63) is 101 Å². The van der Waals surface area contributed by atoms with Gasteiger partial charge in [-0.05, 0) is 60.2 Å². The minimum atomic E-state index is -4.40. The van der Waals surface area contributed by atoms with E-state index in [1.54, 1.807) is 11.9 Å². The number of benzene rings is 3. The molecule has 0 aliphatic heterocycles. The van der Waals surface area contributed by atoms with Crippen molar-refractivity contribution in [2.24, 2.45) is 5.92 Å². The summed E-state index contributed by atoms with van der Waals surface area (Å²) in [5.74, 6) is 0.612. The highest BCUT2D eigenvalue weighted by atomic mass is 19.4. The number of ether oxygens (including phenoxy) is 1. The summed E-state index contributed by atoms with van der Waals surface area (Å²) in [6, 6.07) is 22.4. The zero-order valence-corrected chi connectivity index (χ0v) is 21.3. The summed E-state index contributed by atoms with van der Waals surface area (Å²) in [6.07, 6.45) is -3.36. The number of halogens is 3. The number of alkyl halides is 3. The van der Waals surface area contributed by atoms with Crippen molar-refractivity contribution in [2.45, 2.75) is 51.8 Å². The maximum Gasteiger partial charge on any atom is 0.416 e. The number of amides is 1. The number of likely N-dealkylation sites (N-methyl/N-ethyl adjacent to an activating group) is 1. The molecule has 1 amide bonds. The Morgan fingerprint density at radius 2 is 1.53 bits per heavy atom. The average Bonchev–Trinajstić information content (AvgIpc) is 2.85. The van der Waals surface area contributed by atoms with Gasteiger partial charge in [0.25, 0.3) is 0 Å². The predicted molar refractivity (Wildman–Crippen MR) is 137 cm³/mol. The summed E-state index contributed by atoms with van der Waals surface area (Å²) in [6.45, 7) is 6.70. The van der Waals surface area contributed by atoms with Crippen LogP contribution in [-0.4, -0.2) is 24.4 Å². The Labute approximate surface area is 211 Å². The Bertz CT molecular complexity index is 1110. The first-order chi connectivity index (χ1) is 17.0. The van der Waals surface area contributed by atoms with Gasteiger partial charge in [-0.15, -0.1) is 0 Å². The van der Waals surface area contributed by atoms with Gasteiger partial charge < -0.3 is 9.64 Å². The van der Waals surface area contributed by atoms with Crippen LogP contribution in [0, 0.1) is 5.92 Å². The van der Waals surface area contributed by atoms with Crippen LogP contribution < -0.4 is 4.74 Å². The Kier molecular flexibility index (Phi) is 9.19. The molecule has 36 heavy (non-hydrogen) atoms. The molecule has 0 saturated heterocycles. The lowest BCUT2D eigenvalue weighted by Gasteiger charge is -2.26. The summed E-state index contributed by atoms with van der Waals surface area (Å²) >= 11 is 0. The molecule has 2 atom stereocenters. The molecule has 6 heteroatoms. The molecule has 0 fully saturated rings. The Morgan fingerprint density at radius 1 is 0.889 bits per heavy atom. The van der Waals surface area contributed by atoms with Crippen molar-refractivity contribution in [3.8, 4) is 5.75 Å². The van der Waals surface area contributed by atoms with Crippen molar-refractivity contribution in [1.82, 2.24) is 4.90 Å². The minimum absolute atomic E-state index is 0.0121. The van der Waals surface area contributed by atoms with Crippen molar-refractivity contribution >= 4 is 5.91 Å². The second kappa shape index (κ2) is 12.1. The van der Waals surface area contributed by atoms with E-state index in [4.69, 9.17) is 4.74 Å². The molecule has 0 N–H and O–H groups in total. The Balaban J connectivity index is 1.69. The molecule has 3 nitrogen and oxygen atoms in total. The largest absolute Gasteiger partial charge is 0.486 e. The van der Waals surface area contributed by atoms with Crippen LogP contribution in [0.15, 0.2) is 78.9 Å². The summed E-state index contributed by atoms with van der Waals surface area (Å²) in [7, 11) is 1.77. The molecule has 0 aromatic heterocycles. The first-order valence-electron chi connectivity index (χ1n) is 12.3. The van der Waals surface area contributed by atoms with Crippen LogP contribution in [0.3, 0.4) is 0 Å². The zero-order valence-electron chi connectivity index (χ0n) is 21.3. The highest BCUT2D eigenvalue weighted by Crippen LogP contribution is 2.32. The highest BCUT2D eigenvalue weighted by Gasteiger charge is 2.30. The summed E-state index contributed by atoms with van der Waals surface area (Å²) in [5.41, 5.74) is 2.39. The van der Waals surface area contributed by atoms with Gasteiger partial charge in [0, 0.05) is 20.0 Å². The van der Waals surface area contributed by atoms with Crippen LogP contribution in [0.1, 0.15) is 61.5 Å². The third kappa shape index (κ3) is 7.61. The normalized spacial score (nSPS) is 13.3.